The molecule has 0 saturated carbocycles. The lowest BCUT2D eigenvalue weighted by atomic mass is 9.82. The van der Waals surface area contributed by atoms with Crippen molar-refractivity contribution in [3.8, 4) is 11.3 Å². The van der Waals surface area contributed by atoms with Crippen molar-refractivity contribution in [1.82, 2.24) is 4.98 Å². The molecule has 2 nitrogen and oxygen atoms in total. The Bertz CT molecular complexity index is 1630. The van der Waals surface area contributed by atoms with Gasteiger partial charge < -0.3 is 4.42 Å². The summed E-state index contributed by atoms with van der Waals surface area (Å²) in [5.41, 5.74) is 6.60. The largest absolute Gasteiger partial charge is 0.456 e. The van der Waals surface area contributed by atoms with Crippen molar-refractivity contribution in [2.45, 2.75) is 33.1 Å². The molecule has 0 radical (unpaired) electrons. The maximum atomic E-state index is 6.30. The molecule has 3 heterocycles. The molecular formula is C28H23NOS. The Morgan fingerprint density at radius 3 is 2.52 bits per heavy atom. The second-order valence-corrected chi connectivity index (χ2v) is 10.3. The van der Waals surface area contributed by atoms with Crippen LogP contribution in [0.25, 0.3) is 54.1 Å². The van der Waals surface area contributed by atoms with Crippen LogP contribution in [0.2, 0.25) is 0 Å². The van der Waals surface area contributed by atoms with Gasteiger partial charge in [0.25, 0.3) is 0 Å². The Morgan fingerprint density at radius 2 is 1.68 bits per heavy atom. The van der Waals surface area contributed by atoms with E-state index in [1.165, 1.54) is 37.4 Å². The van der Waals surface area contributed by atoms with Crippen LogP contribution in [0.15, 0.2) is 70.6 Å². The van der Waals surface area contributed by atoms with Gasteiger partial charge in [0, 0.05) is 27.2 Å². The van der Waals surface area contributed by atoms with Crippen LogP contribution in [-0.2, 0) is 5.41 Å². The van der Waals surface area contributed by atoms with E-state index in [-0.39, 0.29) is 5.41 Å². The summed E-state index contributed by atoms with van der Waals surface area (Å²) in [5, 5.41) is 8.35. The highest BCUT2D eigenvalue weighted by Crippen LogP contribution is 2.43. The van der Waals surface area contributed by atoms with Gasteiger partial charge in [0.2, 0.25) is 0 Å². The van der Waals surface area contributed by atoms with Gasteiger partial charge >= 0.3 is 0 Å². The zero-order valence-electron chi connectivity index (χ0n) is 18.1. The van der Waals surface area contributed by atoms with E-state index in [1.807, 2.05) is 12.3 Å². The molecule has 0 spiro atoms. The molecule has 3 aromatic carbocycles. The SMILES string of the molecule is Cc1csc2ccc3oc4ccnc(-c5cc(C(C)(C)C)c6ccccc6c5)c4c3c12. The van der Waals surface area contributed by atoms with E-state index < -0.39 is 0 Å². The van der Waals surface area contributed by atoms with Crippen molar-refractivity contribution in [3.05, 3.63) is 77.3 Å². The average Bonchev–Trinajstić information content (AvgIpc) is 3.32. The monoisotopic (exact) mass is 421 g/mol. The van der Waals surface area contributed by atoms with Gasteiger partial charge in [-0.15, -0.1) is 11.3 Å². The first-order valence-electron chi connectivity index (χ1n) is 10.6. The van der Waals surface area contributed by atoms with Crippen LogP contribution >= 0.6 is 11.3 Å². The van der Waals surface area contributed by atoms with Gasteiger partial charge in [-0.25, -0.2) is 0 Å². The van der Waals surface area contributed by atoms with Crippen LogP contribution in [-0.4, -0.2) is 4.98 Å². The Kier molecular flexibility index (Phi) is 3.85. The first-order chi connectivity index (χ1) is 14.9. The number of hydrogen-bond donors (Lipinski definition) is 0. The lowest BCUT2D eigenvalue weighted by molar-refractivity contribution is 0.596. The van der Waals surface area contributed by atoms with Crippen molar-refractivity contribution < 1.29 is 4.42 Å². The lowest BCUT2D eigenvalue weighted by Crippen LogP contribution is -2.12. The van der Waals surface area contributed by atoms with Gasteiger partial charge in [0.1, 0.15) is 11.2 Å². The third-order valence-electron chi connectivity index (χ3n) is 6.21. The predicted molar refractivity (Wildman–Crippen MR) is 133 cm³/mol. The van der Waals surface area contributed by atoms with Gasteiger partial charge in [-0.3, -0.25) is 4.98 Å². The van der Waals surface area contributed by atoms with E-state index in [0.717, 1.165) is 27.8 Å². The number of aryl methyl sites for hydroxylation is 1. The molecule has 31 heavy (non-hydrogen) atoms. The van der Waals surface area contributed by atoms with Crippen LogP contribution in [0, 0.1) is 6.92 Å². The summed E-state index contributed by atoms with van der Waals surface area (Å²) in [5.74, 6) is 0. The topological polar surface area (TPSA) is 26.0 Å². The molecule has 3 aromatic heterocycles. The molecule has 0 aliphatic heterocycles. The fraction of sp³-hybridized carbons (Fsp3) is 0.179. The van der Waals surface area contributed by atoms with E-state index in [1.54, 1.807) is 11.3 Å². The smallest absolute Gasteiger partial charge is 0.139 e. The molecule has 0 N–H and O–H groups in total. The number of thiophene rings is 1. The minimum atomic E-state index is 0.0270. The molecule has 152 valence electrons. The molecule has 0 aliphatic rings. The number of furan rings is 1. The Hall–Kier alpha value is -3.17. The maximum Gasteiger partial charge on any atom is 0.139 e. The molecule has 6 aromatic rings. The van der Waals surface area contributed by atoms with Gasteiger partial charge in [-0.05, 0) is 69.9 Å². The van der Waals surface area contributed by atoms with Crippen LogP contribution in [0.1, 0.15) is 31.9 Å². The third-order valence-corrected chi connectivity index (χ3v) is 7.28. The van der Waals surface area contributed by atoms with Crippen molar-refractivity contribution in [1.29, 1.82) is 0 Å². The zero-order chi connectivity index (χ0) is 21.3. The quantitative estimate of drug-likeness (QED) is 0.265. The van der Waals surface area contributed by atoms with Crippen molar-refractivity contribution >= 4 is 54.1 Å². The third kappa shape index (κ3) is 2.73. The summed E-state index contributed by atoms with van der Waals surface area (Å²) in [6.07, 6.45) is 1.86. The molecule has 0 aliphatic carbocycles. The second-order valence-electron chi connectivity index (χ2n) is 9.36. The molecule has 3 heteroatoms. The van der Waals surface area contributed by atoms with Gasteiger partial charge in [0.15, 0.2) is 0 Å². The highest BCUT2D eigenvalue weighted by molar-refractivity contribution is 7.17. The number of fused-ring (bicyclic) bond motifs is 6. The van der Waals surface area contributed by atoms with Crippen molar-refractivity contribution in [3.63, 3.8) is 0 Å². The Labute approximate surface area is 185 Å². The summed E-state index contributed by atoms with van der Waals surface area (Å²) in [4.78, 5) is 4.89. The maximum absolute atomic E-state index is 6.30. The van der Waals surface area contributed by atoms with Crippen LogP contribution < -0.4 is 0 Å². The predicted octanol–water partition coefficient (Wildman–Crippen LogP) is 8.62. The van der Waals surface area contributed by atoms with Crippen molar-refractivity contribution in [2.75, 3.05) is 0 Å². The molecule has 0 saturated heterocycles. The van der Waals surface area contributed by atoms with E-state index >= 15 is 0 Å². The first kappa shape index (κ1) is 18.6. The molecule has 0 atom stereocenters. The summed E-state index contributed by atoms with van der Waals surface area (Å²) < 4.78 is 7.59. The van der Waals surface area contributed by atoms with E-state index in [0.29, 0.717) is 0 Å². The molecule has 0 amide bonds. The van der Waals surface area contributed by atoms with E-state index in [9.17, 15) is 0 Å². The Balaban J connectivity index is 1.78. The minimum Gasteiger partial charge on any atom is -0.456 e. The number of benzene rings is 3. The molecule has 0 unspecified atom stereocenters. The van der Waals surface area contributed by atoms with Crippen molar-refractivity contribution in [2.24, 2.45) is 0 Å². The minimum absolute atomic E-state index is 0.0270. The highest BCUT2D eigenvalue weighted by atomic mass is 32.1. The lowest BCUT2D eigenvalue weighted by Gasteiger charge is -2.22. The molecule has 0 bridgehead atoms. The average molecular weight is 422 g/mol. The van der Waals surface area contributed by atoms with Gasteiger partial charge in [0.05, 0.1) is 11.1 Å². The van der Waals surface area contributed by atoms with Crippen LogP contribution in [0.4, 0.5) is 0 Å². The molecule has 6 rings (SSSR count). The number of pyridine rings is 1. The first-order valence-corrected chi connectivity index (χ1v) is 11.5. The van der Waals surface area contributed by atoms with Crippen LogP contribution in [0.3, 0.4) is 0 Å². The number of aromatic nitrogens is 1. The normalized spacial score (nSPS) is 12.5. The number of nitrogens with zero attached hydrogens (tertiary/aromatic N) is 1. The standard InChI is InChI=1S/C28H23NOS/c1-16-15-31-23-10-9-21-25(24(16)23)26-22(30-21)11-12-29-27(26)18-13-17-7-5-6-8-19(17)20(14-18)28(2,3)4/h5-15H,1-4H3. The summed E-state index contributed by atoms with van der Waals surface area (Å²) in [6, 6.07) is 19.5. The molecule has 0 fully saturated rings. The van der Waals surface area contributed by atoms with Gasteiger partial charge in [-0.1, -0.05) is 45.0 Å². The zero-order valence-corrected chi connectivity index (χ0v) is 18.9. The van der Waals surface area contributed by atoms with Gasteiger partial charge in [-0.2, -0.15) is 0 Å². The van der Waals surface area contributed by atoms with E-state index in [2.05, 4.69) is 81.6 Å². The fourth-order valence-electron chi connectivity index (χ4n) is 4.77. The summed E-state index contributed by atoms with van der Waals surface area (Å²) >= 11 is 1.79. The Morgan fingerprint density at radius 1 is 0.871 bits per heavy atom. The highest BCUT2D eigenvalue weighted by Gasteiger charge is 2.21. The number of rotatable bonds is 1. The fourth-order valence-corrected chi connectivity index (χ4v) is 5.72. The summed E-state index contributed by atoms with van der Waals surface area (Å²) in [6.45, 7) is 9.01. The van der Waals surface area contributed by atoms with E-state index in [4.69, 9.17) is 9.40 Å². The number of hydrogen-bond acceptors (Lipinski definition) is 3. The van der Waals surface area contributed by atoms with Crippen LogP contribution in [0.5, 0.6) is 0 Å². The second kappa shape index (κ2) is 6.41. The summed E-state index contributed by atoms with van der Waals surface area (Å²) in [7, 11) is 0. The molecular weight excluding hydrogens is 398 g/mol.